The standard InChI is InChI=1S/C12H16N4O4/c1-14-5-4-10(8-14)13-7-9-2-3-11(15(17)18)6-12(9)16(19)20/h2-3,6,10,13H,4-5,7-8H2,1H3. The van der Waals surface area contributed by atoms with E-state index in [1.807, 2.05) is 7.05 Å². The molecular formula is C12H16N4O4. The van der Waals surface area contributed by atoms with E-state index in [9.17, 15) is 20.2 Å². The molecule has 1 aliphatic rings. The van der Waals surface area contributed by atoms with Gasteiger partial charge >= 0.3 is 0 Å². The minimum Gasteiger partial charge on any atom is -0.308 e. The summed E-state index contributed by atoms with van der Waals surface area (Å²) in [5.74, 6) is 0. The number of nitro benzene ring substituents is 2. The maximum atomic E-state index is 11.0. The second-order valence-electron chi connectivity index (χ2n) is 4.96. The van der Waals surface area contributed by atoms with Crippen LogP contribution in [0.25, 0.3) is 0 Å². The van der Waals surface area contributed by atoms with Crippen molar-refractivity contribution >= 4 is 11.4 Å². The van der Waals surface area contributed by atoms with Gasteiger partial charge in [0.05, 0.1) is 15.9 Å². The van der Waals surface area contributed by atoms with Crippen LogP contribution in [0.4, 0.5) is 11.4 Å². The molecule has 8 nitrogen and oxygen atoms in total. The number of benzene rings is 1. The summed E-state index contributed by atoms with van der Waals surface area (Å²) in [6, 6.07) is 4.06. The van der Waals surface area contributed by atoms with Gasteiger partial charge in [-0.05, 0) is 26.1 Å². The van der Waals surface area contributed by atoms with Gasteiger partial charge in [0.15, 0.2) is 0 Å². The number of likely N-dealkylation sites (tertiary alicyclic amines) is 1. The first-order chi connectivity index (χ1) is 9.47. The Morgan fingerprint density at radius 2 is 2.10 bits per heavy atom. The molecule has 2 rings (SSSR count). The van der Waals surface area contributed by atoms with E-state index >= 15 is 0 Å². The van der Waals surface area contributed by atoms with E-state index < -0.39 is 9.85 Å². The van der Waals surface area contributed by atoms with Gasteiger partial charge < -0.3 is 10.2 Å². The second kappa shape index (κ2) is 5.93. The van der Waals surface area contributed by atoms with Crippen LogP contribution < -0.4 is 5.32 Å². The molecule has 20 heavy (non-hydrogen) atoms. The number of non-ortho nitro benzene ring substituents is 1. The molecule has 1 atom stereocenters. The summed E-state index contributed by atoms with van der Waals surface area (Å²) < 4.78 is 0. The predicted octanol–water partition coefficient (Wildman–Crippen LogP) is 1.30. The zero-order valence-electron chi connectivity index (χ0n) is 11.1. The van der Waals surface area contributed by atoms with Gasteiger partial charge in [-0.1, -0.05) is 0 Å². The average molecular weight is 280 g/mol. The largest absolute Gasteiger partial charge is 0.308 e. The highest BCUT2D eigenvalue weighted by molar-refractivity contribution is 5.49. The van der Waals surface area contributed by atoms with Crippen molar-refractivity contribution in [1.29, 1.82) is 0 Å². The Balaban J connectivity index is 2.10. The number of nitro groups is 2. The number of nitrogens with zero attached hydrogens (tertiary/aromatic N) is 3. The molecular weight excluding hydrogens is 264 g/mol. The summed E-state index contributed by atoms with van der Waals surface area (Å²) in [5, 5.41) is 24.9. The Labute approximate surface area is 115 Å². The Bertz CT molecular complexity index is 534. The molecule has 0 bridgehead atoms. The van der Waals surface area contributed by atoms with Crippen molar-refractivity contribution in [2.75, 3.05) is 20.1 Å². The topological polar surface area (TPSA) is 102 Å². The molecule has 0 aromatic heterocycles. The van der Waals surface area contributed by atoms with Crippen LogP contribution in [0.15, 0.2) is 18.2 Å². The molecule has 1 aromatic carbocycles. The quantitative estimate of drug-likeness (QED) is 0.644. The van der Waals surface area contributed by atoms with Crippen LogP contribution >= 0.6 is 0 Å². The van der Waals surface area contributed by atoms with Gasteiger partial charge in [-0.15, -0.1) is 0 Å². The molecule has 1 aliphatic heterocycles. The van der Waals surface area contributed by atoms with Crippen molar-refractivity contribution < 1.29 is 9.85 Å². The zero-order chi connectivity index (χ0) is 14.7. The van der Waals surface area contributed by atoms with Crippen LogP contribution in [-0.2, 0) is 6.54 Å². The summed E-state index contributed by atoms with van der Waals surface area (Å²) in [6.07, 6.45) is 0.997. The smallest absolute Gasteiger partial charge is 0.280 e. The van der Waals surface area contributed by atoms with E-state index in [-0.39, 0.29) is 11.4 Å². The third-order valence-corrected chi connectivity index (χ3v) is 3.45. The predicted molar refractivity (Wildman–Crippen MR) is 72.5 cm³/mol. The molecule has 1 unspecified atom stereocenters. The van der Waals surface area contributed by atoms with Crippen molar-refractivity contribution in [3.05, 3.63) is 44.0 Å². The minimum atomic E-state index is -0.629. The monoisotopic (exact) mass is 280 g/mol. The highest BCUT2D eigenvalue weighted by Gasteiger charge is 2.22. The van der Waals surface area contributed by atoms with Crippen LogP contribution in [0, 0.1) is 20.2 Å². The van der Waals surface area contributed by atoms with E-state index in [4.69, 9.17) is 0 Å². The van der Waals surface area contributed by atoms with Gasteiger partial charge in [0.25, 0.3) is 11.4 Å². The first-order valence-electron chi connectivity index (χ1n) is 6.31. The number of likely N-dealkylation sites (N-methyl/N-ethyl adjacent to an activating group) is 1. The summed E-state index contributed by atoms with van der Waals surface area (Å²) in [6.45, 7) is 2.24. The van der Waals surface area contributed by atoms with E-state index in [0.29, 0.717) is 18.2 Å². The molecule has 1 heterocycles. The van der Waals surface area contributed by atoms with Crippen molar-refractivity contribution in [1.82, 2.24) is 10.2 Å². The lowest BCUT2D eigenvalue weighted by atomic mass is 10.1. The fourth-order valence-electron chi connectivity index (χ4n) is 2.34. The highest BCUT2D eigenvalue weighted by Crippen LogP contribution is 2.24. The normalized spacial score (nSPS) is 19.1. The molecule has 0 spiro atoms. The summed E-state index contributed by atoms with van der Waals surface area (Å²) in [5.41, 5.74) is -0.00532. The van der Waals surface area contributed by atoms with Crippen LogP contribution in [0.1, 0.15) is 12.0 Å². The lowest BCUT2D eigenvalue weighted by molar-refractivity contribution is -0.394. The molecule has 8 heteroatoms. The maximum absolute atomic E-state index is 11.0. The van der Waals surface area contributed by atoms with Crippen LogP contribution in [0.3, 0.4) is 0 Å². The molecule has 1 N–H and O–H groups in total. The highest BCUT2D eigenvalue weighted by atomic mass is 16.6. The van der Waals surface area contributed by atoms with Crippen molar-refractivity contribution in [2.45, 2.75) is 19.0 Å². The Morgan fingerprint density at radius 1 is 1.35 bits per heavy atom. The van der Waals surface area contributed by atoms with Crippen LogP contribution in [0.2, 0.25) is 0 Å². The van der Waals surface area contributed by atoms with Gasteiger partial charge in [0, 0.05) is 30.8 Å². The molecule has 1 aromatic rings. The van der Waals surface area contributed by atoms with Gasteiger partial charge in [0.1, 0.15) is 0 Å². The third-order valence-electron chi connectivity index (χ3n) is 3.45. The van der Waals surface area contributed by atoms with Crippen molar-refractivity contribution in [3.8, 4) is 0 Å². The maximum Gasteiger partial charge on any atom is 0.280 e. The minimum absolute atomic E-state index is 0.210. The molecule has 1 fully saturated rings. The second-order valence-corrected chi connectivity index (χ2v) is 4.96. The number of hydrogen-bond acceptors (Lipinski definition) is 6. The van der Waals surface area contributed by atoms with Crippen molar-refractivity contribution in [2.24, 2.45) is 0 Å². The molecule has 0 radical (unpaired) electrons. The Kier molecular flexibility index (Phi) is 4.26. The number of hydrogen-bond donors (Lipinski definition) is 1. The number of nitrogens with one attached hydrogen (secondary N) is 1. The Hall–Kier alpha value is -2.06. The van der Waals surface area contributed by atoms with Gasteiger partial charge in [0.2, 0.25) is 0 Å². The van der Waals surface area contributed by atoms with Gasteiger partial charge in [-0.25, -0.2) is 0 Å². The molecule has 108 valence electrons. The summed E-state index contributed by atoms with van der Waals surface area (Å²) in [4.78, 5) is 22.6. The van der Waals surface area contributed by atoms with Crippen LogP contribution in [0.5, 0.6) is 0 Å². The first-order valence-corrected chi connectivity index (χ1v) is 6.31. The SMILES string of the molecule is CN1CCC(NCc2ccc([N+](=O)[O-])cc2[N+](=O)[O-])C1. The Morgan fingerprint density at radius 3 is 2.65 bits per heavy atom. The van der Waals surface area contributed by atoms with Crippen molar-refractivity contribution in [3.63, 3.8) is 0 Å². The lowest BCUT2D eigenvalue weighted by Crippen LogP contribution is -2.31. The summed E-state index contributed by atoms with van der Waals surface area (Å²) in [7, 11) is 2.02. The van der Waals surface area contributed by atoms with E-state index in [1.165, 1.54) is 12.1 Å². The van der Waals surface area contributed by atoms with Crippen LogP contribution in [-0.4, -0.2) is 40.9 Å². The molecule has 1 saturated heterocycles. The van der Waals surface area contributed by atoms with Gasteiger partial charge in [-0.3, -0.25) is 20.2 Å². The van der Waals surface area contributed by atoms with E-state index in [1.54, 1.807) is 0 Å². The van der Waals surface area contributed by atoms with Gasteiger partial charge in [-0.2, -0.15) is 0 Å². The average Bonchev–Trinajstić information content (AvgIpc) is 2.81. The molecule has 0 aliphatic carbocycles. The third kappa shape index (κ3) is 3.28. The number of rotatable bonds is 5. The van der Waals surface area contributed by atoms with E-state index in [2.05, 4.69) is 10.2 Å². The fraction of sp³-hybridized carbons (Fsp3) is 0.500. The first kappa shape index (κ1) is 14.4. The molecule has 0 amide bonds. The fourth-order valence-corrected chi connectivity index (χ4v) is 2.34. The lowest BCUT2D eigenvalue weighted by Gasteiger charge is -2.12. The van der Waals surface area contributed by atoms with E-state index in [0.717, 1.165) is 25.6 Å². The zero-order valence-corrected chi connectivity index (χ0v) is 11.1. The summed E-state index contributed by atoms with van der Waals surface area (Å²) >= 11 is 0. The molecule has 0 saturated carbocycles.